The lowest BCUT2D eigenvalue weighted by Crippen LogP contribution is -2.15. The molecule has 31 heavy (non-hydrogen) atoms. The molecule has 156 valence electrons. The van der Waals surface area contributed by atoms with Crippen molar-refractivity contribution in [2.24, 2.45) is 0 Å². The molecule has 0 aliphatic carbocycles. The minimum Gasteiger partial charge on any atom is -0.382 e. The topological polar surface area (TPSA) is 157 Å². The molecule has 0 amide bonds. The molecule has 10 nitrogen and oxygen atoms in total. The summed E-state index contributed by atoms with van der Waals surface area (Å²) in [4.78, 5) is 16.3. The monoisotopic (exact) mass is 458 g/mol. The van der Waals surface area contributed by atoms with Gasteiger partial charge in [0.2, 0.25) is 5.95 Å². The minimum atomic E-state index is -0.536. The Kier molecular flexibility index (Phi) is 5.18. The van der Waals surface area contributed by atoms with E-state index in [1.54, 1.807) is 13.1 Å². The van der Waals surface area contributed by atoms with E-state index >= 15 is 0 Å². The Labute approximate surface area is 184 Å². The molecule has 0 radical (unpaired) electrons. The summed E-state index contributed by atoms with van der Waals surface area (Å²) in [6.45, 7) is 1.78. The molecule has 0 saturated carbocycles. The van der Waals surface area contributed by atoms with Gasteiger partial charge in [-0.25, -0.2) is 13.9 Å². The van der Waals surface area contributed by atoms with E-state index in [0.717, 1.165) is 6.20 Å². The van der Waals surface area contributed by atoms with Crippen LogP contribution in [0.25, 0.3) is 16.9 Å². The number of nitrogens with one attached hydrogen (secondary N) is 1. The number of rotatable bonds is 4. The third kappa shape index (κ3) is 3.74. The van der Waals surface area contributed by atoms with Crippen LogP contribution < -0.4 is 16.8 Å². The smallest absolute Gasteiger partial charge is 0.224 e. The molecule has 0 bridgehead atoms. The van der Waals surface area contributed by atoms with Crippen LogP contribution in [0.5, 0.6) is 0 Å². The van der Waals surface area contributed by atoms with E-state index in [2.05, 4.69) is 30.4 Å². The van der Waals surface area contributed by atoms with E-state index < -0.39 is 11.9 Å². The maximum atomic E-state index is 13.9. The van der Waals surface area contributed by atoms with Gasteiger partial charge in [0.15, 0.2) is 16.6 Å². The van der Waals surface area contributed by atoms with Crippen LogP contribution >= 0.6 is 23.2 Å². The van der Waals surface area contributed by atoms with Gasteiger partial charge in [-0.05, 0) is 13.0 Å². The predicted molar refractivity (Wildman–Crippen MR) is 114 cm³/mol. The zero-order valence-electron chi connectivity index (χ0n) is 15.8. The van der Waals surface area contributed by atoms with E-state index in [9.17, 15) is 9.65 Å². The number of pyridine rings is 1. The van der Waals surface area contributed by atoms with Crippen LogP contribution in [0.2, 0.25) is 10.2 Å². The van der Waals surface area contributed by atoms with Crippen LogP contribution in [-0.4, -0.2) is 29.5 Å². The molecular formula is C18H13Cl2FN10. The molecule has 4 rings (SSSR count). The van der Waals surface area contributed by atoms with Crippen molar-refractivity contribution in [3.63, 3.8) is 0 Å². The Morgan fingerprint density at radius 1 is 1.23 bits per heavy atom. The quantitative estimate of drug-likeness (QED) is 0.417. The number of anilines is 3. The van der Waals surface area contributed by atoms with Gasteiger partial charge in [-0.1, -0.05) is 23.2 Å². The molecule has 0 fully saturated rings. The first-order valence-corrected chi connectivity index (χ1v) is 9.49. The van der Waals surface area contributed by atoms with Crippen LogP contribution in [0.3, 0.4) is 0 Å². The van der Waals surface area contributed by atoms with Crippen molar-refractivity contribution < 1.29 is 4.39 Å². The summed E-state index contributed by atoms with van der Waals surface area (Å²) in [6, 6.07) is 2.72. The summed E-state index contributed by atoms with van der Waals surface area (Å²) < 4.78 is 15.3. The van der Waals surface area contributed by atoms with Gasteiger partial charge in [0.05, 0.1) is 17.9 Å². The summed E-state index contributed by atoms with van der Waals surface area (Å²) in [6.07, 6.45) is 4.18. The zero-order chi connectivity index (χ0) is 22.3. The van der Waals surface area contributed by atoms with Gasteiger partial charge in [0.1, 0.15) is 28.3 Å². The highest BCUT2D eigenvalue weighted by atomic mass is 35.5. The van der Waals surface area contributed by atoms with Gasteiger partial charge < -0.3 is 16.8 Å². The van der Waals surface area contributed by atoms with Gasteiger partial charge in [0, 0.05) is 23.5 Å². The summed E-state index contributed by atoms with van der Waals surface area (Å²) in [7, 11) is 0. The number of aromatic nitrogens is 6. The van der Waals surface area contributed by atoms with Crippen LogP contribution in [0, 0.1) is 17.1 Å². The van der Waals surface area contributed by atoms with E-state index in [4.69, 9.17) is 34.7 Å². The maximum absolute atomic E-state index is 13.9. The van der Waals surface area contributed by atoms with Crippen molar-refractivity contribution in [1.82, 2.24) is 29.5 Å². The largest absolute Gasteiger partial charge is 0.382 e. The first-order chi connectivity index (χ1) is 14.8. The lowest BCUT2D eigenvalue weighted by Gasteiger charge is -2.19. The lowest BCUT2D eigenvalue weighted by molar-refractivity contribution is 0.622. The van der Waals surface area contributed by atoms with E-state index in [0.29, 0.717) is 16.8 Å². The first kappa shape index (κ1) is 20.5. The molecular weight excluding hydrogens is 446 g/mol. The summed E-state index contributed by atoms with van der Waals surface area (Å²) in [5.41, 5.74) is 13.1. The molecule has 5 N–H and O–H groups in total. The standard InChI is InChI=1S/C18H13Cl2FN10/c1-7(26-16-10(3-22)15(23)28-18(24)29-16)11-6-31-17(12(19)14(20)30-31)27-13(11)8-2-9(21)5-25-4-8/h2,4-7H,1H3,(H5,23,24,26,28,29)/t7-/m0/s1. The van der Waals surface area contributed by atoms with Crippen molar-refractivity contribution in [1.29, 1.82) is 5.26 Å². The third-order valence-corrected chi connectivity index (χ3v) is 5.12. The van der Waals surface area contributed by atoms with Crippen LogP contribution in [-0.2, 0) is 0 Å². The van der Waals surface area contributed by atoms with Crippen LogP contribution in [0.1, 0.15) is 24.1 Å². The molecule has 0 aliphatic rings. The molecule has 0 saturated heterocycles. The highest BCUT2D eigenvalue weighted by molar-refractivity contribution is 6.43. The average molecular weight is 459 g/mol. The van der Waals surface area contributed by atoms with Crippen molar-refractivity contribution >= 4 is 46.4 Å². The van der Waals surface area contributed by atoms with Crippen LogP contribution in [0.15, 0.2) is 24.7 Å². The molecule has 4 aromatic heterocycles. The number of hydrogen-bond acceptors (Lipinski definition) is 9. The summed E-state index contributed by atoms with van der Waals surface area (Å²) in [5.74, 6) is -0.551. The number of halogens is 3. The lowest BCUT2D eigenvalue weighted by atomic mass is 10.0. The highest BCUT2D eigenvalue weighted by Gasteiger charge is 2.21. The van der Waals surface area contributed by atoms with Gasteiger partial charge >= 0.3 is 0 Å². The van der Waals surface area contributed by atoms with Gasteiger partial charge in [-0.15, -0.1) is 0 Å². The maximum Gasteiger partial charge on any atom is 0.224 e. The second kappa shape index (κ2) is 7.82. The third-order valence-electron chi connectivity index (χ3n) is 4.41. The number of nitriles is 1. The normalized spacial score (nSPS) is 12.0. The van der Waals surface area contributed by atoms with Crippen LogP contribution in [0.4, 0.5) is 22.0 Å². The number of hydrogen-bond donors (Lipinski definition) is 3. The molecule has 13 heteroatoms. The Hall–Kier alpha value is -3.75. The van der Waals surface area contributed by atoms with Crippen molar-refractivity contribution in [2.75, 3.05) is 16.8 Å². The SMILES string of the molecule is C[C@H](Nc1nc(N)nc(N)c1C#N)c1cn2nc(Cl)c(Cl)c2nc1-c1cncc(F)c1. The van der Waals surface area contributed by atoms with Crippen molar-refractivity contribution in [3.8, 4) is 17.3 Å². The number of nitrogens with zero attached hydrogens (tertiary/aromatic N) is 7. The fraction of sp³-hybridized carbons (Fsp3) is 0.111. The zero-order valence-corrected chi connectivity index (χ0v) is 17.3. The van der Waals surface area contributed by atoms with Gasteiger partial charge in [-0.2, -0.15) is 20.3 Å². The minimum absolute atomic E-state index is 0.0363. The van der Waals surface area contributed by atoms with Gasteiger partial charge in [0.25, 0.3) is 0 Å². The Bertz CT molecular complexity index is 1360. The van der Waals surface area contributed by atoms with E-state index in [1.165, 1.54) is 16.8 Å². The Morgan fingerprint density at radius 2 is 2.00 bits per heavy atom. The van der Waals surface area contributed by atoms with E-state index in [-0.39, 0.29) is 39.0 Å². The second-order valence-electron chi connectivity index (χ2n) is 6.48. The number of nitrogens with two attached hydrogens (primary N) is 2. The number of nitrogen functional groups attached to an aromatic ring is 2. The van der Waals surface area contributed by atoms with Gasteiger partial charge in [-0.3, -0.25) is 4.98 Å². The molecule has 4 aromatic rings. The Morgan fingerprint density at radius 3 is 2.71 bits per heavy atom. The number of fused-ring (bicyclic) bond motifs is 1. The molecule has 4 heterocycles. The molecule has 0 aliphatic heterocycles. The average Bonchev–Trinajstić information content (AvgIpc) is 3.00. The molecule has 0 unspecified atom stereocenters. The second-order valence-corrected chi connectivity index (χ2v) is 7.21. The van der Waals surface area contributed by atoms with E-state index in [1.807, 2.05) is 6.07 Å². The highest BCUT2D eigenvalue weighted by Crippen LogP contribution is 2.33. The summed E-state index contributed by atoms with van der Waals surface area (Å²) in [5, 5.41) is 16.8. The molecule has 0 aromatic carbocycles. The van der Waals surface area contributed by atoms with Crippen molar-refractivity contribution in [2.45, 2.75) is 13.0 Å². The molecule has 0 spiro atoms. The fourth-order valence-electron chi connectivity index (χ4n) is 3.02. The Balaban J connectivity index is 1.88. The fourth-order valence-corrected chi connectivity index (χ4v) is 3.35. The summed E-state index contributed by atoms with van der Waals surface area (Å²) >= 11 is 12.2. The molecule has 1 atom stereocenters. The predicted octanol–water partition coefficient (Wildman–Crippen LogP) is 3.24. The first-order valence-electron chi connectivity index (χ1n) is 8.73. The van der Waals surface area contributed by atoms with Crippen molar-refractivity contribution in [3.05, 3.63) is 51.8 Å².